The summed E-state index contributed by atoms with van der Waals surface area (Å²) in [5.41, 5.74) is 0. The van der Waals surface area contributed by atoms with E-state index in [1.807, 2.05) is 0 Å². The molecule has 8 nitrogen and oxygen atoms in total. The SMILES string of the molecule is O=C(Nc1nnns1)C(=O)N1CCCNCC1. The van der Waals surface area contributed by atoms with E-state index in [0.29, 0.717) is 19.6 Å². The second-order valence-corrected chi connectivity index (χ2v) is 4.25. The number of hydrogen-bond donors (Lipinski definition) is 2. The monoisotopic (exact) mass is 256 g/mol. The van der Waals surface area contributed by atoms with E-state index in [4.69, 9.17) is 0 Å². The summed E-state index contributed by atoms with van der Waals surface area (Å²) in [7, 11) is 0. The lowest BCUT2D eigenvalue weighted by Crippen LogP contribution is -2.41. The van der Waals surface area contributed by atoms with Crippen LogP contribution in [0.15, 0.2) is 0 Å². The summed E-state index contributed by atoms with van der Waals surface area (Å²) in [5, 5.41) is 12.6. The minimum Gasteiger partial charge on any atom is -0.333 e. The first kappa shape index (κ1) is 11.9. The summed E-state index contributed by atoms with van der Waals surface area (Å²) in [4.78, 5) is 24.9. The van der Waals surface area contributed by atoms with Gasteiger partial charge in [0.1, 0.15) is 0 Å². The van der Waals surface area contributed by atoms with Gasteiger partial charge in [0.05, 0.1) is 0 Å². The van der Waals surface area contributed by atoms with Crippen LogP contribution in [0.25, 0.3) is 0 Å². The van der Waals surface area contributed by atoms with Crippen molar-refractivity contribution in [2.75, 3.05) is 31.5 Å². The van der Waals surface area contributed by atoms with E-state index in [1.165, 1.54) is 4.90 Å². The smallest absolute Gasteiger partial charge is 0.315 e. The molecule has 17 heavy (non-hydrogen) atoms. The van der Waals surface area contributed by atoms with Crippen molar-refractivity contribution in [3.05, 3.63) is 0 Å². The highest BCUT2D eigenvalue weighted by Gasteiger charge is 2.23. The van der Waals surface area contributed by atoms with Crippen molar-refractivity contribution < 1.29 is 9.59 Å². The number of rotatable bonds is 1. The van der Waals surface area contributed by atoms with Crippen LogP contribution in [-0.2, 0) is 9.59 Å². The minimum absolute atomic E-state index is 0.233. The normalized spacial score (nSPS) is 16.4. The third-order valence-electron chi connectivity index (χ3n) is 2.34. The van der Waals surface area contributed by atoms with Gasteiger partial charge in [-0.05, 0) is 18.2 Å². The van der Waals surface area contributed by atoms with Crippen molar-refractivity contribution in [1.29, 1.82) is 0 Å². The fourth-order valence-electron chi connectivity index (χ4n) is 1.52. The molecule has 0 spiro atoms. The zero-order valence-electron chi connectivity index (χ0n) is 9.05. The summed E-state index contributed by atoms with van der Waals surface area (Å²) >= 11 is 0.932. The molecule has 0 aromatic carbocycles. The van der Waals surface area contributed by atoms with Gasteiger partial charge in [-0.1, -0.05) is 9.59 Å². The van der Waals surface area contributed by atoms with Crippen molar-refractivity contribution in [2.24, 2.45) is 0 Å². The lowest BCUT2D eigenvalue weighted by molar-refractivity contribution is -0.143. The molecule has 9 heteroatoms. The first-order chi connectivity index (χ1) is 8.27. The third-order valence-corrected chi connectivity index (χ3v) is 2.85. The second-order valence-electron chi connectivity index (χ2n) is 3.52. The van der Waals surface area contributed by atoms with Gasteiger partial charge in [0.25, 0.3) is 0 Å². The maximum absolute atomic E-state index is 11.8. The van der Waals surface area contributed by atoms with Gasteiger partial charge in [-0.2, -0.15) is 0 Å². The van der Waals surface area contributed by atoms with Crippen molar-refractivity contribution in [3.8, 4) is 0 Å². The van der Waals surface area contributed by atoms with Crippen LogP contribution in [0.2, 0.25) is 0 Å². The van der Waals surface area contributed by atoms with E-state index in [2.05, 4.69) is 25.4 Å². The number of carbonyl (C=O) groups excluding carboxylic acids is 2. The number of anilines is 1. The summed E-state index contributed by atoms with van der Waals surface area (Å²) in [5.74, 6) is -1.23. The molecule has 0 saturated carbocycles. The van der Waals surface area contributed by atoms with Crippen molar-refractivity contribution in [2.45, 2.75) is 6.42 Å². The van der Waals surface area contributed by atoms with E-state index < -0.39 is 11.8 Å². The summed E-state index contributed by atoms with van der Waals surface area (Å²) < 4.78 is 3.49. The predicted molar refractivity (Wildman–Crippen MR) is 60.4 cm³/mol. The fourth-order valence-corrected chi connectivity index (χ4v) is 1.89. The Balaban J connectivity index is 1.91. The fraction of sp³-hybridized carbons (Fsp3) is 0.625. The van der Waals surface area contributed by atoms with Gasteiger partial charge in [0.2, 0.25) is 5.13 Å². The maximum Gasteiger partial charge on any atom is 0.315 e. The van der Waals surface area contributed by atoms with Crippen LogP contribution < -0.4 is 10.6 Å². The second kappa shape index (κ2) is 5.64. The highest BCUT2D eigenvalue weighted by Crippen LogP contribution is 2.05. The molecule has 1 saturated heterocycles. The van der Waals surface area contributed by atoms with Crippen LogP contribution in [0.3, 0.4) is 0 Å². The average Bonchev–Trinajstić information content (AvgIpc) is 2.68. The van der Waals surface area contributed by atoms with E-state index in [9.17, 15) is 9.59 Å². The molecule has 1 aromatic rings. The minimum atomic E-state index is -0.689. The molecule has 0 atom stereocenters. The molecular weight excluding hydrogens is 244 g/mol. The van der Waals surface area contributed by atoms with Crippen molar-refractivity contribution in [3.63, 3.8) is 0 Å². The van der Waals surface area contributed by atoms with Crippen LogP contribution in [-0.4, -0.2) is 57.7 Å². The first-order valence-corrected chi connectivity index (χ1v) is 6.01. The Morgan fingerprint density at radius 3 is 3.00 bits per heavy atom. The molecule has 0 unspecified atom stereocenters. The molecule has 0 radical (unpaired) electrons. The third kappa shape index (κ3) is 3.17. The molecule has 1 aromatic heterocycles. The molecule has 1 aliphatic rings. The number of aromatic nitrogens is 3. The molecule has 2 heterocycles. The molecule has 2 rings (SSSR count). The molecule has 0 aliphatic carbocycles. The van der Waals surface area contributed by atoms with E-state index in [-0.39, 0.29) is 5.13 Å². The van der Waals surface area contributed by atoms with Gasteiger partial charge in [-0.3, -0.25) is 14.9 Å². The molecular formula is C8H12N6O2S. The quantitative estimate of drug-likeness (QED) is 0.605. The van der Waals surface area contributed by atoms with Gasteiger partial charge in [0, 0.05) is 31.2 Å². The zero-order chi connectivity index (χ0) is 12.1. The van der Waals surface area contributed by atoms with Crippen LogP contribution in [0, 0.1) is 0 Å². The summed E-state index contributed by atoms with van der Waals surface area (Å²) in [6.07, 6.45) is 0.847. The molecule has 92 valence electrons. The van der Waals surface area contributed by atoms with Crippen LogP contribution in [0.1, 0.15) is 6.42 Å². The lowest BCUT2D eigenvalue weighted by Gasteiger charge is -2.18. The van der Waals surface area contributed by atoms with Gasteiger partial charge in [0.15, 0.2) is 0 Å². The lowest BCUT2D eigenvalue weighted by atomic mass is 10.3. The number of amides is 2. The van der Waals surface area contributed by atoms with E-state index >= 15 is 0 Å². The number of hydrogen-bond acceptors (Lipinski definition) is 7. The zero-order valence-corrected chi connectivity index (χ0v) is 9.87. The maximum atomic E-state index is 11.8. The standard InChI is InChI=1S/C8H12N6O2S/c15-6(10-8-11-12-13-17-8)7(16)14-4-1-2-9-3-5-14/h9H,1-5H2,(H,10,11,13,15). The Morgan fingerprint density at radius 1 is 1.35 bits per heavy atom. The van der Waals surface area contributed by atoms with Crippen LogP contribution >= 0.6 is 11.5 Å². The molecule has 1 fully saturated rings. The molecule has 2 amide bonds. The Labute approximate surface area is 102 Å². The highest BCUT2D eigenvalue weighted by atomic mass is 32.1. The first-order valence-electron chi connectivity index (χ1n) is 5.23. The van der Waals surface area contributed by atoms with Crippen molar-refractivity contribution >= 4 is 28.5 Å². The number of carbonyl (C=O) groups is 2. The van der Waals surface area contributed by atoms with E-state index in [1.54, 1.807) is 0 Å². The largest absolute Gasteiger partial charge is 0.333 e. The Hall–Kier alpha value is -1.61. The van der Waals surface area contributed by atoms with E-state index in [0.717, 1.165) is 24.5 Å². The van der Waals surface area contributed by atoms with Gasteiger partial charge >= 0.3 is 11.8 Å². The molecule has 2 N–H and O–H groups in total. The number of nitrogens with one attached hydrogen (secondary N) is 2. The van der Waals surface area contributed by atoms with Gasteiger partial charge in [-0.15, -0.1) is 0 Å². The van der Waals surface area contributed by atoms with Crippen LogP contribution in [0.5, 0.6) is 0 Å². The number of nitrogens with zero attached hydrogens (tertiary/aromatic N) is 4. The summed E-state index contributed by atoms with van der Waals surface area (Å²) in [6.45, 7) is 2.71. The van der Waals surface area contributed by atoms with Gasteiger partial charge < -0.3 is 10.2 Å². The Bertz CT molecular complexity index is 387. The molecule has 0 bridgehead atoms. The predicted octanol–water partition coefficient (Wildman–Crippen LogP) is -1.31. The Morgan fingerprint density at radius 2 is 2.24 bits per heavy atom. The van der Waals surface area contributed by atoms with Crippen molar-refractivity contribution in [1.82, 2.24) is 25.0 Å². The van der Waals surface area contributed by atoms with Gasteiger partial charge in [-0.25, -0.2) is 0 Å². The topological polar surface area (TPSA) is 100 Å². The average molecular weight is 256 g/mol. The summed E-state index contributed by atoms with van der Waals surface area (Å²) in [6, 6.07) is 0. The highest BCUT2D eigenvalue weighted by molar-refractivity contribution is 7.09. The molecule has 1 aliphatic heterocycles. The van der Waals surface area contributed by atoms with Crippen LogP contribution in [0.4, 0.5) is 5.13 Å². The Kier molecular flexibility index (Phi) is 3.94.